The monoisotopic (exact) mass is 386 g/mol. The number of rotatable bonds is 4. The zero-order valence-corrected chi connectivity index (χ0v) is 15.7. The van der Waals surface area contributed by atoms with Crippen LogP contribution < -0.4 is 0 Å². The molecule has 1 aliphatic heterocycles. The Morgan fingerprint density at radius 1 is 0.962 bits per heavy atom. The van der Waals surface area contributed by atoms with Crippen molar-refractivity contribution in [2.24, 2.45) is 0 Å². The Kier molecular flexibility index (Phi) is 4.80. The molecule has 0 saturated carbocycles. The molecule has 134 valence electrons. The van der Waals surface area contributed by atoms with Gasteiger partial charge >= 0.3 is 0 Å². The molecule has 4 rings (SSSR count). The maximum Gasteiger partial charge on any atom is 0.243 e. The number of piperidine rings is 1. The predicted octanol–water partition coefficient (Wildman–Crippen LogP) is 3.44. The molecule has 1 fully saturated rings. The molecule has 3 aromatic rings. The normalized spacial score (nSPS) is 15.8. The van der Waals surface area contributed by atoms with Gasteiger partial charge in [0.1, 0.15) is 10.7 Å². The van der Waals surface area contributed by atoms with Gasteiger partial charge < -0.3 is 0 Å². The molecule has 0 N–H and O–H groups in total. The summed E-state index contributed by atoms with van der Waals surface area (Å²) in [5, 5.41) is 2.73. The lowest BCUT2D eigenvalue weighted by molar-refractivity contribution is 0.346. The van der Waals surface area contributed by atoms with Gasteiger partial charge in [0.25, 0.3) is 0 Å². The zero-order chi connectivity index (χ0) is 18.0. The van der Waals surface area contributed by atoms with Crippen LogP contribution in [0.4, 0.5) is 0 Å². The molecule has 8 heteroatoms. The van der Waals surface area contributed by atoms with E-state index in [-0.39, 0.29) is 0 Å². The number of sulfonamides is 1. The molecule has 0 radical (unpaired) electrons. The van der Waals surface area contributed by atoms with Gasteiger partial charge in [-0.3, -0.25) is 9.97 Å². The smallest absolute Gasteiger partial charge is 0.243 e. The highest BCUT2D eigenvalue weighted by Crippen LogP contribution is 2.29. The van der Waals surface area contributed by atoms with Crippen LogP contribution >= 0.6 is 11.3 Å². The van der Waals surface area contributed by atoms with Crippen LogP contribution in [0.15, 0.2) is 53.1 Å². The number of hydrogen-bond acceptors (Lipinski definition) is 6. The lowest BCUT2D eigenvalue weighted by Gasteiger charge is -2.25. The first-order valence-electron chi connectivity index (χ1n) is 8.47. The summed E-state index contributed by atoms with van der Waals surface area (Å²) in [4.78, 5) is 13.2. The van der Waals surface area contributed by atoms with Crippen LogP contribution in [0.25, 0.3) is 22.0 Å². The molecular formula is C18H18N4O2S2. The number of benzene rings is 1. The van der Waals surface area contributed by atoms with E-state index < -0.39 is 10.0 Å². The Labute approximate surface area is 156 Å². The summed E-state index contributed by atoms with van der Waals surface area (Å²) in [6, 6.07) is 6.96. The average Bonchev–Trinajstić information content (AvgIpc) is 3.20. The van der Waals surface area contributed by atoms with E-state index in [1.165, 1.54) is 11.3 Å². The van der Waals surface area contributed by atoms with Crippen molar-refractivity contribution < 1.29 is 8.42 Å². The van der Waals surface area contributed by atoms with Crippen molar-refractivity contribution in [3.8, 4) is 22.0 Å². The van der Waals surface area contributed by atoms with Crippen molar-refractivity contribution in [3.63, 3.8) is 0 Å². The Balaban J connectivity index is 1.57. The molecule has 1 saturated heterocycles. The van der Waals surface area contributed by atoms with E-state index in [0.29, 0.717) is 18.0 Å². The molecule has 1 aliphatic rings. The van der Waals surface area contributed by atoms with Gasteiger partial charge in [0.05, 0.1) is 16.8 Å². The van der Waals surface area contributed by atoms with E-state index in [1.54, 1.807) is 35.0 Å². The Bertz CT molecular complexity index is 980. The minimum Gasteiger partial charge on any atom is -0.261 e. The summed E-state index contributed by atoms with van der Waals surface area (Å²) in [6.45, 7) is 1.22. The Morgan fingerprint density at radius 3 is 2.42 bits per heavy atom. The van der Waals surface area contributed by atoms with Crippen LogP contribution in [0.3, 0.4) is 0 Å². The van der Waals surface area contributed by atoms with Gasteiger partial charge in [-0.05, 0) is 25.0 Å². The number of hydrogen-bond donors (Lipinski definition) is 0. The van der Waals surface area contributed by atoms with Crippen molar-refractivity contribution in [1.82, 2.24) is 19.3 Å². The van der Waals surface area contributed by atoms with Gasteiger partial charge in [-0.15, -0.1) is 11.3 Å². The fraction of sp³-hybridized carbons (Fsp3) is 0.278. The second-order valence-corrected chi connectivity index (χ2v) is 8.91. The summed E-state index contributed by atoms with van der Waals surface area (Å²) in [5.41, 5.74) is 2.42. The minimum absolute atomic E-state index is 0.340. The second kappa shape index (κ2) is 7.22. The fourth-order valence-corrected chi connectivity index (χ4v) is 5.29. The molecule has 3 heterocycles. The van der Waals surface area contributed by atoms with Crippen LogP contribution in [0.5, 0.6) is 0 Å². The van der Waals surface area contributed by atoms with E-state index in [0.717, 1.165) is 41.2 Å². The SMILES string of the molecule is O=S(=O)(c1ccc(-c2csc(-c3cnccn3)n2)cc1)N1CCCCC1. The Morgan fingerprint density at radius 2 is 1.73 bits per heavy atom. The third kappa shape index (κ3) is 3.40. The van der Waals surface area contributed by atoms with Gasteiger partial charge in [0, 0.05) is 36.4 Å². The summed E-state index contributed by atoms with van der Waals surface area (Å²) in [5.74, 6) is 0. The third-order valence-corrected chi connectivity index (χ3v) is 7.17. The summed E-state index contributed by atoms with van der Waals surface area (Å²) in [6.07, 6.45) is 7.90. The van der Waals surface area contributed by atoms with Crippen molar-refractivity contribution in [1.29, 1.82) is 0 Å². The van der Waals surface area contributed by atoms with Gasteiger partial charge in [-0.25, -0.2) is 13.4 Å². The molecule has 0 unspecified atom stereocenters. The molecule has 0 spiro atoms. The van der Waals surface area contributed by atoms with Crippen LogP contribution in [0.2, 0.25) is 0 Å². The molecule has 6 nitrogen and oxygen atoms in total. The molecule has 1 aromatic carbocycles. The molecule has 0 aliphatic carbocycles. The summed E-state index contributed by atoms with van der Waals surface area (Å²) < 4.78 is 27.0. The summed E-state index contributed by atoms with van der Waals surface area (Å²) in [7, 11) is -3.40. The van der Waals surface area contributed by atoms with Crippen molar-refractivity contribution in [2.45, 2.75) is 24.2 Å². The maximum absolute atomic E-state index is 12.7. The van der Waals surface area contributed by atoms with Crippen molar-refractivity contribution in [3.05, 3.63) is 48.2 Å². The van der Waals surface area contributed by atoms with Gasteiger partial charge in [0.2, 0.25) is 10.0 Å². The first-order chi connectivity index (χ1) is 12.6. The van der Waals surface area contributed by atoms with Crippen LogP contribution in [-0.2, 0) is 10.0 Å². The second-order valence-electron chi connectivity index (χ2n) is 6.12. The third-order valence-electron chi connectivity index (χ3n) is 4.39. The van der Waals surface area contributed by atoms with Crippen molar-refractivity contribution >= 4 is 21.4 Å². The Hall–Kier alpha value is -2.16. The molecule has 0 amide bonds. The molecule has 0 bridgehead atoms. The quantitative estimate of drug-likeness (QED) is 0.686. The van der Waals surface area contributed by atoms with E-state index in [1.807, 2.05) is 17.5 Å². The zero-order valence-electron chi connectivity index (χ0n) is 14.1. The van der Waals surface area contributed by atoms with Gasteiger partial charge in [-0.2, -0.15) is 4.31 Å². The van der Waals surface area contributed by atoms with E-state index >= 15 is 0 Å². The highest BCUT2D eigenvalue weighted by Gasteiger charge is 2.25. The van der Waals surface area contributed by atoms with E-state index in [2.05, 4.69) is 15.0 Å². The summed E-state index contributed by atoms with van der Waals surface area (Å²) >= 11 is 1.49. The minimum atomic E-state index is -3.40. The molecule has 2 aromatic heterocycles. The predicted molar refractivity (Wildman–Crippen MR) is 101 cm³/mol. The number of nitrogens with zero attached hydrogens (tertiary/aromatic N) is 4. The maximum atomic E-state index is 12.7. The van der Waals surface area contributed by atoms with E-state index in [9.17, 15) is 8.42 Å². The first kappa shape index (κ1) is 17.3. The lowest BCUT2D eigenvalue weighted by Crippen LogP contribution is -2.35. The topological polar surface area (TPSA) is 76.0 Å². The molecule has 26 heavy (non-hydrogen) atoms. The molecular weight excluding hydrogens is 368 g/mol. The van der Waals surface area contributed by atoms with Crippen LogP contribution in [0, 0.1) is 0 Å². The first-order valence-corrected chi connectivity index (χ1v) is 10.8. The highest BCUT2D eigenvalue weighted by atomic mass is 32.2. The van der Waals surface area contributed by atoms with Gasteiger partial charge in [-0.1, -0.05) is 18.6 Å². The number of aromatic nitrogens is 3. The lowest BCUT2D eigenvalue weighted by atomic mass is 10.2. The van der Waals surface area contributed by atoms with Gasteiger partial charge in [0.15, 0.2) is 0 Å². The fourth-order valence-electron chi connectivity index (χ4n) is 2.99. The standard InChI is InChI=1S/C18H18N4O2S2/c23-26(24,22-10-2-1-3-11-22)15-6-4-14(5-7-15)17-13-25-18(21-17)16-12-19-8-9-20-16/h4-9,12-13H,1-3,10-11H2. The highest BCUT2D eigenvalue weighted by molar-refractivity contribution is 7.89. The van der Waals surface area contributed by atoms with Crippen molar-refractivity contribution in [2.75, 3.05) is 13.1 Å². The largest absolute Gasteiger partial charge is 0.261 e. The van der Waals surface area contributed by atoms with E-state index in [4.69, 9.17) is 0 Å². The van der Waals surface area contributed by atoms with Crippen LogP contribution in [-0.4, -0.2) is 40.8 Å². The number of thiazole rings is 1. The molecule has 0 atom stereocenters. The van der Waals surface area contributed by atoms with Crippen LogP contribution in [0.1, 0.15) is 19.3 Å². The average molecular weight is 387 g/mol.